The molecule has 0 atom stereocenters. The highest BCUT2D eigenvalue weighted by molar-refractivity contribution is 6.35. The fourth-order valence-electron chi connectivity index (χ4n) is 4.58. The SMILES string of the molecule is CCc1cccc(C)c1-c1ccc2c(c1)/C(=C\c1ccc(OCCN(CC)CC)cc1)C(=O)N2.[HH]. The molecule has 0 aromatic heterocycles. The van der Waals surface area contributed by atoms with E-state index in [1.807, 2.05) is 36.4 Å². The summed E-state index contributed by atoms with van der Waals surface area (Å²) in [5.41, 5.74) is 8.46. The molecule has 0 bridgehead atoms. The third-order valence-corrected chi connectivity index (χ3v) is 6.59. The number of benzene rings is 3. The van der Waals surface area contributed by atoms with E-state index in [-0.39, 0.29) is 7.33 Å². The zero-order valence-electron chi connectivity index (χ0n) is 20.7. The zero-order valence-corrected chi connectivity index (χ0v) is 20.7. The molecule has 4 rings (SSSR count). The Hall–Kier alpha value is -3.37. The van der Waals surface area contributed by atoms with Crippen LogP contribution in [0.2, 0.25) is 0 Å². The average molecular weight is 457 g/mol. The second-order valence-electron chi connectivity index (χ2n) is 8.68. The second kappa shape index (κ2) is 10.7. The first kappa shape index (κ1) is 23.8. The number of rotatable bonds is 9. The molecule has 3 aromatic rings. The molecule has 1 aliphatic rings. The predicted molar refractivity (Wildman–Crippen MR) is 144 cm³/mol. The highest BCUT2D eigenvalue weighted by atomic mass is 16.5. The third kappa shape index (κ3) is 5.07. The van der Waals surface area contributed by atoms with E-state index in [0.717, 1.165) is 54.2 Å². The summed E-state index contributed by atoms with van der Waals surface area (Å²) in [5.74, 6) is 0.784. The fourth-order valence-corrected chi connectivity index (χ4v) is 4.58. The van der Waals surface area contributed by atoms with Crippen molar-refractivity contribution in [3.63, 3.8) is 0 Å². The van der Waals surface area contributed by atoms with E-state index in [4.69, 9.17) is 4.74 Å². The lowest BCUT2D eigenvalue weighted by molar-refractivity contribution is -0.110. The smallest absolute Gasteiger partial charge is 0.256 e. The lowest BCUT2D eigenvalue weighted by atomic mass is 9.91. The van der Waals surface area contributed by atoms with Crippen LogP contribution in [0.4, 0.5) is 5.69 Å². The third-order valence-electron chi connectivity index (χ3n) is 6.59. The molecule has 0 unspecified atom stereocenters. The number of likely N-dealkylation sites (N-methyl/N-ethyl adjacent to an activating group) is 1. The van der Waals surface area contributed by atoms with Crippen LogP contribution in [0.1, 0.15) is 44.5 Å². The van der Waals surface area contributed by atoms with Gasteiger partial charge in [0.25, 0.3) is 5.91 Å². The molecule has 1 N–H and O–H groups in total. The predicted octanol–water partition coefficient (Wildman–Crippen LogP) is 6.68. The van der Waals surface area contributed by atoms with Gasteiger partial charge in [0.2, 0.25) is 0 Å². The molecule has 1 heterocycles. The van der Waals surface area contributed by atoms with Crippen molar-refractivity contribution < 1.29 is 11.0 Å². The van der Waals surface area contributed by atoms with Gasteiger partial charge in [-0.05, 0) is 84.6 Å². The molecule has 1 aliphatic heterocycles. The van der Waals surface area contributed by atoms with Crippen LogP contribution in [0, 0.1) is 6.92 Å². The van der Waals surface area contributed by atoms with E-state index in [1.165, 1.54) is 16.7 Å². The highest BCUT2D eigenvalue weighted by Crippen LogP contribution is 2.38. The maximum Gasteiger partial charge on any atom is 0.256 e. The summed E-state index contributed by atoms with van der Waals surface area (Å²) in [7, 11) is 0. The molecule has 0 saturated heterocycles. The van der Waals surface area contributed by atoms with Gasteiger partial charge in [0.15, 0.2) is 0 Å². The standard InChI is InChI=1S/C30H34N2O2.H2/c1-5-23-10-8-9-21(4)29(23)24-13-16-28-26(20-24)27(30(33)31-28)19-22-11-14-25(15-12-22)34-18-17-32(6-2)7-3;/h8-16,19-20H,5-7,17-18H2,1-4H3,(H,31,33);1H/b27-19+;. The van der Waals surface area contributed by atoms with E-state index in [9.17, 15) is 4.79 Å². The van der Waals surface area contributed by atoms with E-state index in [1.54, 1.807) is 0 Å². The number of carbonyl (C=O) groups is 1. The maximum atomic E-state index is 12.8. The van der Waals surface area contributed by atoms with Crippen molar-refractivity contribution in [3.05, 3.63) is 82.9 Å². The number of hydrogen-bond acceptors (Lipinski definition) is 3. The Balaban J connectivity index is 0.00000342. The number of nitrogens with zero attached hydrogens (tertiary/aromatic N) is 1. The topological polar surface area (TPSA) is 41.6 Å². The molecule has 4 nitrogen and oxygen atoms in total. The van der Waals surface area contributed by atoms with Crippen LogP contribution in [0.5, 0.6) is 5.75 Å². The number of carbonyl (C=O) groups excluding carboxylic acids is 1. The second-order valence-corrected chi connectivity index (χ2v) is 8.68. The van der Waals surface area contributed by atoms with Crippen molar-refractivity contribution in [2.24, 2.45) is 0 Å². The van der Waals surface area contributed by atoms with Crippen LogP contribution < -0.4 is 10.1 Å². The monoisotopic (exact) mass is 456 g/mol. The van der Waals surface area contributed by atoms with Gasteiger partial charge in [-0.15, -0.1) is 0 Å². The van der Waals surface area contributed by atoms with E-state index >= 15 is 0 Å². The Morgan fingerprint density at radius 2 is 1.76 bits per heavy atom. The normalized spacial score (nSPS) is 13.9. The van der Waals surface area contributed by atoms with Crippen molar-refractivity contribution in [3.8, 4) is 16.9 Å². The molecule has 0 fully saturated rings. The first-order valence-corrected chi connectivity index (χ1v) is 12.3. The van der Waals surface area contributed by atoms with E-state index < -0.39 is 0 Å². The Labute approximate surface area is 204 Å². The summed E-state index contributed by atoms with van der Waals surface area (Å²) in [6.07, 6.45) is 2.93. The molecule has 0 radical (unpaired) electrons. The minimum atomic E-state index is -0.0628. The number of amides is 1. The largest absolute Gasteiger partial charge is 0.492 e. The summed E-state index contributed by atoms with van der Waals surface area (Å²) in [6, 6.07) is 20.7. The average Bonchev–Trinajstić information content (AvgIpc) is 3.16. The molecule has 0 aliphatic carbocycles. The Bertz CT molecular complexity index is 1200. The van der Waals surface area contributed by atoms with Gasteiger partial charge >= 0.3 is 0 Å². The number of nitrogens with one attached hydrogen (secondary N) is 1. The summed E-state index contributed by atoms with van der Waals surface area (Å²) in [4.78, 5) is 15.1. The van der Waals surface area contributed by atoms with Gasteiger partial charge in [-0.3, -0.25) is 4.79 Å². The van der Waals surface area contributed by atoms with Crippen molar-refractivity contribution in [2.45, 2.75) is 34.1 Å². The van der Waals surface area contributed by atoms with Gasteiger partial charge < -0.3 is 15.0 Å². The van der Waals surface area contributed by atoms with Crippen LogP contribution in [0.3, 0.4) is 0 Å². The minimum absolute atomic E-state index is 0. The van der Waals surface area contributed by atoms with Gasteiger partial charge in [0.1, 0.15) is 12.4 Å². The van der Waals surface area contributed by atoms with Crippen molar-refractivity contribution in [1.29, 1.82) is 0 Å². The van der Waals surface area contributed by atoms with Crippen LogP contribution in [-0.2, 0) is 11.2 Å². The maximum absolute atomic E-state index is 12.8. The van der Waals surface area contributed by atoms with Gasteiger partial charge in [-0.1, -0.05) is 57.2 Å². The number of hydrogen-bond donors (Lipinski definition) is 1. The Kier molecular flexibility index (Phi) is 7.49. The van der Waals surface area contributed by atoms with Gasteiger partial charge in [0.05, 0.1) is 0 Å². The first-order chi connectivity index (χ1) is 16.5. The Morgan fingerprint density at radius 3 is 2.47 bits per heavy atom. The molecule has 0 saturated carbocycles. The van der Waals surface area contributed by atoms with E-state index in [0.29, 0.717) is 12.2 Å². The Morgan fingerprint density at radius 1 is 1.00 bits per heavy atom. The van der Waals surface area contributed by atoms with Crippen LogP contribution >= 0.6 is 0 Å². The van der Waals surface area contributed by atoms with Gasteiger partial charge in [-0.2, -0.15) is 0 Å². The lowest BCUT2D eigenvalue weighted by Gasteiger charge is -2.18. The summed E-state index contributed by atoms with van der Waals surface area (Å²) in [5, 5.41) is 3.01. The number of ether oxygens (including phenoxy) is 1. The molecule has 178 valence electrons. The molecule has 4 heteroatoms. The molecule has 0 spiro atoms. The zero-order chi connectivity index (χ0) is 24.1. The van der Waals surface area contributed by atoms with Crippen LogP contribution in [0.25, 0.3) is 22.8 Å². The van der Waals surface area contributed by atoms with Gasteiger partial charge in [0, 0.05) is 24.8 Å². The fraction of sp³-hybridized carbons (Fsp3) is 0.300. The summed E-state index contributed by atoms with van der Waals surface area (Å²) in [6.45, 7) is 12.3. The lowest BCUT2D eigenvalue weighted by Crippen LogP contribution is -2.27. The molecular weight excluding hydrogens is 420 g/mol. The number of fused-ring (bicyclic) bond motifs is 1. The van der Waals surface area contributed by atoms with Crippen molar-refractivity contribution >= 4 is 23.2 Å². The summed E-state index contributed by atoms with van der Waals surface area (Å²) >= 11 is 0. The number of aryl methyl sites for hydroxylation is 2. The molecule has 3 aromatic carbocycles. The van der Waals surface area contributed by atoms with E-state index in [2.05, 4.69) is 68.2 Å². The molecule has 1 amide bonds. The molecular formula is C30H36N2O2. The van der Waals surface area contributed by atoms with Crippen LogP contribution in [0.15, 0.2) is 60.7 Å². The van der Waals surface area contributed by atoms with Crippen molar-refractivity contribution in [1.82, 2.24) is 4.90 Å². The first-order valence-electron chi connectivity index (χ1n) is 12.3. The summed E-state index contributed by atoms with van der Waals surface area (Å²) < 4.78 is 5.90. The quantitative estimate of drug-likeness (QED) is 0.365. The number of anilines is 1. The minimum Gasteiger partial charge on any atom is -0.492 e. The van der Waals surface area contributed by atoms with Crippen molar-refractivity contribution in [2.75, 3.05) is 31.6 Å². The van der Waals surface area contributed by atoms with Crippen LogP contribution in [-0.4, -0.2) is 37.0 Å². The molecule has 34 heavy (non-hydrogen) atoms. The highest BCUT2D eigenvalue weighted by Gasteiger charge is 2.25. The van der Waals surface area contributed by atoms with Gasteiger partial charge in [-0.25, -0.2) is 0 Å².